The molecule has 1 aromatic heterocycles. The van der Waals surface area contributed by atoms with Crippen LogP contribution >= 0.6 is 0 Å². The van der Waals surface area contributed by atoms with E-state index in [-0.39, 0.29) is 5.41 Å². The average Bonchev–Trinajstić information content (AvgIpc) is 2.94. The first-order valence-electron chi connectivity index (χ1n) is 8.13. The van der Waals surface area contributed by atoms with Crippen LogP contribution in [0.1, 0.15) is 32.0 Å². The summed E-state index contributed by atoms with van der Waals surface area (Å²) >= 11 is 0. The molecule has 1 heterocycles. The minimum absolute atomic E-state index is 0.0203. The molecule has 3 aromatic rings. The van der Waals surface area contributed by atoms with Crippen LogP contribution in [0.15, 0.2) is 54.6 Å². The van der Waals surface area contributed by atoms with Gasteiger partial charge in [-0.25, -0.2) is 4.68 Å². The fraction of sp³-hybridized carbons (Fsp3) is 0.250. The highest BCUT2D eigenvalue weighted by Crippen LogP contribution is 2.28. The highest BCUT2D eigenvalue weighted by atomic mass is 15.3. The van der Waals surface area contributed by atoms with Gasteiger partial charge in [0.1, 0.15) is 5.82 Å². The van der Waals surface area contributed by atoms with E-state index in [1.807, 2.05) is 28.9 Å². The molecule has 2 aromatic carbocycles. The highest BCUT2D eigenvalue weighted by molar-refractivity contribution is 5.61. The van der Waals surface area contributed by atoms with E-state index in [9.17, 15) is 0 Å². The Labute approximate surface area is 143 Å². The van der Waals surface area contributed by atoms with Crippen molar-refractivity contribution in [2.75, 3.05) is 11.1 Å². The van der Waals surface area contributed by atoms with Crippen LogP contribution in [0.2, 0.25) is 0 Å². The number of hydrogen-bond donors (Lipinski definition) is 2. The van der Waals surface area contributed by atoms with Crippen molar-refractivity contribution in [2.45, 2.75) is 33.1 Å². The Morgan fingerprint density at radius 2 is 1.58 bits per heavy atom. The summed E-state index contributed by atoms with van der Waals surface area (Å²) in [5.74, 6) is 0.938. The lowest BCUT2D eigenvalue weighted by Crippen LogP contribution is -2.12. The van der Waals surface area contributed by atoms with E-state index in [0.717, 1.165) is 28.6 Å². The van der Waals surface area contributed by atoms with Crippen molar-refractivity contribution in [3.8, 4) is 5.69 Å². The summed E-state index contributed by atoms with van der Waals surface area (Å²) in [5, 5.41) is 8.27. The van der Waals surface area contributed by atoms with Crippen LogP contribution in [0.3, 0.4) is 0 Å². The molecule has 124 valence electrons. The number of aryl methyl sites for hydroxylation is 1. The molecule has 0 radical (unpaired) electrons. The molecule has 0 bridgehead atoms. The van der Waals surface area contributed by atoms with Gasteiger partial charge in [0, 0.05) is 22.9 Å². The maximum absolute atomic E-state index is 5.77. The van der Waals surface area contributed by atoms with Gasteiger partial charge in [-0.1, -0.05) is 38.5 Å². The third kappa shape index (κ3) is 3.43. The summed E-state index contributed by atoms with van der Waals surface area (Å²) in [6.45, 7) is 8.59. The second kappa shape index (κ2) is 6.04. The number of benzene rings is 2. The van der Waals surface area contributed by atoms with E-state index in [4.69, 9.17) is 10.8 Å². The molecule has 0 amide bonds. The Bertz CT molecular complexity index is 822. The van der Waals surface area contributed by atoms with Gasteiger partial charge >= 0.3 is 0 Å². The topological polar surface area (TPSA) is 55.9 Å². The summed E-state index contributed by atoms with van der Waals surface area (Å²) in [4.78, 5) is 0. The summed E-state index contributed by atoms with van der Waals surface area (Å²) in [5.41, 5.74) is 10.8. The van der Waals surface area contributed by atoms with E-state index in [1.165, 1.54) is 5.56 Å². The SMILES string of the molecule is Cc1ccc(-n2nc(C(C)(C)C)cc2Nc2ccc(N)cc2)cc1. The third-order valence-electron chi connectivity index (χ3n) is 3.94. The van der Waals surface area contributed by atoms with Crippen molar-refractivity contribution in [2.24, 2.45) is 0 Å². The molecule has 0 aliphatic rings. The van der Waals surface area contributed by atoms with E-state index < -0.39 is 0 Å². The molecule has 0 unspecified atom stereocenters. The predicted octanol–water partition coefficient (Wildman–Crippen LogP) is 4.80. The summed E-state index contributed by atoms with van der Waals surface area (Å²) in [6.07, 6.45) is 0. The Balaban J connectivity index is 2.04. The zero-order chi connectivity index (χ0) is 17.3. The van der Waals surface area contributed by atoms with E-state index in [2.05, 4.69) is 63.3 Å². The molecular weight excluding hydrogens is 296 g/mol. The number of rotatable bonds is 3. The molecule has 0 saturated carbocycles. The average molecular weight is 320 g/mol. The third-order valence-corrected chi connectivity index (χ3v) is 3.94. The number of anilines is 3. The Kier molecular flexibility index (Phi) is 4.06. The number of nitrogens with one attached hydrogen (secondary N) is 1. The molecule has 0 spiro atoms. The lowest BCUT2D eigenvalue weighted by molar-refractivity contribution is 0.560. The first-order chi connectivity index (χ1) is 11.3. The van der Waals surface area contributed by atoms with Gasteiger partial charge in [-0.3, -0.25) is 0 Å². The minimum atomic E-state index is -0.0203. The summed E-state index contributed by atoms with van der Waals surface area (Å²) in [6, 6.07) is 18.2. The second-order valence-electron chi connectivity index (χ2n) is 7.16. The standard InChI is InChI=1S/C20H24N4/c1-14-5-11-17(12-6-14)24-19(13-18(23-24)20(2,3)4)22-16-9-7-15(21)8-10-16/h5-13,22H,21H2,1-4H3. The van der Waals surface area contributed by atoms with Gasteiger partial charge in [-0.05, 0) is 43.3 Å². The van der Waals surface area contributed by atoms with Crippen molar-refractivity contribution >= 4 is 17.2 Å². The van der Waals surface area contributed by atoms with Gasteiger partial charge in [0.05, 0.1) is 11.4 Å². The number of hydrogen-bond acceptors (Lipinski definition) is 3. The lowest BCUT2D eigenvalue weighted by Gasteiger charge is -2.14. The monoisotopic (exact) mass is 320 g/mol. The van der Waals surface area contributed by atoms with Gasteiger partial charge in [0.2, 0.25) is 0 Å². The van der Waals surface area contributed by atoms with Gasteiger partial charge in [0.15, 0.2) is 0 Å². The Morgan fingerprint density at radius 1 is 0.958 bits per heavy atom. The smallest absolute Gasteiger partial charge is 0.134 e. The summed E-state index contributed by atoms with van der Waals surface area (Å²) < 4.78 is 1.95. The fourth-order valence-corrected chi connectivity index (χ4v) is 2.43. The number of aromatic nitrogens is 2. The molecule has 24 heavy (non-hydrogen) atoms. The molecule has 4 nitrogen and oxygen atoms in total. The Morgan fingerprint density at radius 3 is 2.17 bits per heavy atom. The number of nitrogen functional groups attached to an aromatic ring is 1. The molecule has 0 aliphatic heterocycles. The van der Waals surface area contributed by atoms with Crippen molar-refractivity contribution in [1.82, 2.24) is 9.78 Å². The van der Waals surface area contributed by atoms with Crippen LogP contribution in [0.5, 0.6) is 0 Å². The largest absolute Gasteiger partial charge is 0.399 e. The predicted molar refractivity (Wildman–Crippen MR) is 101 cm³/mol. The normalized spacial score (nSPS) is 11.5. The van der Waals surface area contributed by atoms with Crippen molar-refractivity contribution in [3.05, 3.63) is 65.9 Å². The first kappa shape index (κ1) is 16.1. The van der Waals surface area contributed by atoms with E-state index >= 15 is 0 Å². The quantitative estimate of drug-likeness (QED) is 0.681. The minimum Gasteiger partial charge on any atom is -0.399 e. The highest BCUT2D eigenvalue weighted by Gasteiger charge is 2.20. The van der Waals surface area contributed by atoms with Gasteiger partial charge in [0.25, 0.3) is 0 Å². The van der Waals surface area contributed by atoms with Crippen LogP contribution < -0.4 is 11.1 Å². The fourth-order valence-electron chi connectivity index (χ4n) is 2.43. The van der Waals surface area contributed by atoms with Crippen LogP contribution in [-0.4, -0.2) is 9.78 Å². The van der Waals surface area contributed by atoms with Gasteiger partial charge < -0.3 is 11.1 Å². The number of nitrogens with zero attached hydrogens (tertiary/aromatic N) is 2. The maximum Gasteiger partial charge on any atom is 0.134 e. The van der Waals surface area contributed by atoms with Gasteiger partial charge in [-0.2, -0.15) is 5.10 Å². The zero-order valence-electron chi connectivity index (χ0n) is 14.7. The molecule has 0 aliphatic carbocycles. The molecular formula is C20H24N4. The van der Waals surface area contributed by atoms with Crippen molar-refractivity contribution in [1.29, 1.82) is 0 Å². The molecule has 0 fully saturated rings. The Hall–Kier alpha value is -2.75. The number of nitrogens with two attached hydrogens (primary N) is 1. The molecule has 3 rings (SSSR count). The maximum atomic E-state index is 5.77. The molecule has 3 N–H and O–H groups in total. The van der Waals surface area contributed by atoms with Crippen LogP contribution in [0, 0.1) is 6.92 Å². The lowest BCUT2D eigenvalue weighted by atomic mass is 9.92. The first-order valence-corrected chi connectivity index (χ1v) is 8.13. The second-order valence-corrected chi connectivity index (χ2v) is 7.16. The molecule has 4 heteroatoms. The van der Waals surface area contributed by atoms with Crippen LogP contribution in [0.4, 0.5) is 17.2 Å². The van der Waals surface area contributed by atoms with Crippen LogP contribution in [0.25, 0.3) is 5.69 Å². The van der Waals surface area contributed by atoms with E-state index in [1.54, 1.807) is 0 Å². The van der Waals surface area contributed by atoms with Gasteiger partial charge in [-0.15, -0.1) is 0 Å². The molecule has 0 saturated heterocycles. The summed E-state index contributed by atoms with van der Waals surface area (Å²) in [7, 11) is 0. The van der Waals surface area contributed by atoms with Crippen molar-refractivity contribution < 1.29 is 0 Å². The zero-order valence-corrected chi connectivity index (χ0v) is 14.7. The van der Waals surface area contributed by atoms with Crippen molar-refractivity contribution in [3.63, 3.8) is 0 Å². The van der Waals surface area contributed by atoms with Crippen LogP contribution in [-0.2, 0) is 5.41 Å². The van der Waals surface area contributed by atoms with E-state index in [0.29, 0.717) is 0 Å². The molecule has 0 atom stereocenters.